The maximum Gasteiger partial charge on any atom is 0.265 e. The highest BCUT2D eigenvalue weighted by molar-refractivity contribution is 7.20. The number of benzene rings is 2. The number of hydrogen-bond acceptors (Lipinski definition) is 4. The van der Waals surface area contributed by atoms with Crippen LogP contribution in [0.15, 0.2) is 54.6 Å². The molecule has 0 aliphatic rings. The second-order valence-corrected chi connectivity index (χ2v) is 8.84. The van der Waals surface area contributed by atoms with E-state index in [1.807, 2.05) is 41.9 Å². The summed E-state index contributed by atoms with van der Waals surface area (Å²) in [5, 5.41) is 9.13. The third kappa shape index (κ3) is 4.33. The number of rotatable bonds is 5. The number of amides is 2. The number of fused-ring (bicyclic) bond motifs is 1. The van der Waals surface area contributed by atoms with Crippen molar-refractivity contribution in [3.05, 3.63) is 81.3 Å². The summed E-state index contributed by atoms with van der Waals surface area (Å²) in [5.41, 5.74) is 2.92. The Balaban J connectivity index is 1.59. The molecule has 0 aliphatic heterocycles. The molecule has 8 heteroatoms. The van der Waals surface area contributed by atoms with E-state index in [4.69, 9.17) is 11.6 Å². The number of nitrogens with zero attached hydrogens (tertiary/aromatic N) is 3. The van der Waals surface area contributed by atoms with Gasteiger partial charge in [-0.2, -0.15) is 5.10 Å². The second-order valence-electron chi connectivity index (χ2n) is 7.40. The third-order valence-electron chi connectivity index (χ3n) is 4.88. The van der Waals surface area contributed by atoms with E-state index in [9.17, 15) is 9.59 Å². The molecule has 2 amide bonds. The zero-order chi connectivity index (χ0) is 22.1. The fourth-order valence-electron chi connectivity index (χ4n) is 3.30. The van der Waals surface area contributed by atoms with Crippen LogP contribution in [0.3, 0.4) is 0 Å². The van der Waals surface area contributed by atoms with Crippen LogP contribution in [0.2, 0.25) is 5.02 Å². The summed E-state index contributed by atoms with van der Waals surface area (Å²) >= 11 is 7.69. The molecular formula is C23H21ClN4O2S. The van der Waals surface area contributed by atoms with E-state index >= 15 is 0 Å². The Morgan fingerprint density at radius 2 is 1.90 bits per heavy atom. The molecule has 0 saturated carbocycles. The van der Waals surface area contributed by atoms with E-state index in [1.54, 1.807) is 38.4 Å². The van der Waals surface area contributed by atoms with E-state index in [-0.39, 0.29) is 11.8 Å². The summed E-state index contributed by atoms with van der Waals surface area (Å²) in [6.07, 6.45) is 0. The summed E-state index contributed by atoms with van der Waals surface area (Å²) in [7, 11) is 3.39. The van der Waals surface area contributed by atoms with Crippen molar-refractivity contribution in [3.63, 3.8) is 0 Å². The highest BCUT2D eigenvalue weighted by atomic mass is 35.5. The quantitative estimate of drug-likeness (QED) is 0.460. The molecule has 6 nitrogen and oxygen atoms in total. The van der Waals surface area contributed by atoms with Crippen LogP contribution in [0.4, 0.5) is 5.69 Å². The van der Waals surface area contributed by atoms with Gasteiger partial charge in [0.1, 0.15) is 4.83 Å². The van der Waals surface area contributed by atoms with Crippen LogP contribution >= 0.6 is 22.9 Å². The molecular weight excluding hydrogens is 432 g/mol. The Hall–Kier alpha value is -3.16. The molecule has 158 valence electrons. The minimum atomic E-state index is -0.223. The van der Waals surface area contributed by atoms with Crippen LogP contribution in [0.1, 0.15) is 31.3 Å². The van der Waals surface area contributed by atoms with Crippen molar-refractivity contribution in [1.29, 1.82) is 0 Å². The van der Waals surface area contributed by atoms with Crippen LogP contribution in [-0.2, 0) is 6.54 Å². The number of aryl methyl sites for hydroxylation is 1. The van der Waals surface area contributed by atoms with E-state index in [1.165, 1.54) is 16.2 Å². The van der Waals surface area contributed by atoms with E-state index in [0.717, 1.165) is 21.5 Å². The minimum absolute atomic E-state index is 0.117. The number of hydrogen-bond donors (Lipinski definition) is 1. The molecule has 0 radical (unpaired) electrons. The number of halogens is 1. The van der Waals surface area contributed by atoms with Crippen molar-refractivity contribution < 1.29 is 9.59 Å². The lowest BCUT2D eigenvalue weighted by Gasteiger charge is -2.11. The largest absolute Gasteiger partial charge is 0.345 e. The molecule has 1 N–H and O–H groups in total. The number of carbonyl (C=O) groups is 2. The van der Waals surface area contributed by atoms with Gasteiger partial charge in [0.05, 0.1) is 17.1 Å². The lowest BCUT2D eigenvalue weighted by atomic mass is 10.2. The second kappa shape index (κ2) is 8.53. The smallest absolute Gasteiger partial charge is 0.265 e. The first-order valence-electron chi connectivity index (χ1n) is 9.67. The molecule has 2 aromatic carbocycles. The number of anilines is 1. The number of nitrogens with one attached hydrogen (secondary N) is 1. The summed E-state index contributed by atoms with van der Waals surface area (Å²) in [6, 6.07) is 16.4. The third-order valence-corrected chi connectivity index (χ3v) is 6.40. The molecule has 0 aliphatic carbocycles. The fourth-order valence-corrected chi connectivity index (χ4v) is 4.55. The molecule has 0 bridgehead atoms. The Morgan fingerprint density at radius 3 is 2.65 bits per heavy atom. The number of carbonyl (C=O) groups excluding carboxylic acids is 2. The number of aromatic nitrogens is 2. The fraction of sp³-hybridized carbons (Fsp3) is 0.174. The molecule has 2 aromatic heterocycles. The van der Waals surface area contributed by atoms with Gasteiger partial charge in [-0.3, -0.25) is 14.3 Å². The number of thiophene rings is 1. The lowest BCUT2D eigenvalue weighted by Crippen LogP contribution is -2.21. The van der Waals surface area contributed by atoms with Crippen LogP contribution in [0, 0.1) is 6.92 Å². The first-order chi connectivity index (χ1) is 14.8. The van der Waals surface area contributed by atoms with Crippen molar-refractivity contribution in [1.82, 2.24) is 14.7 Å². The zero-order valence-electron chi connectivity index (χ0n) is 17.3. The van der Waals surface area contributed by atoms with Crippen LogP contribution in [-0.4, -0.2) is 40.6 Å². The summed E-state index contributed by atoms with van der Waals surface area (Å²) in [4.78, 5) is 28.1. The lowest BCUT2D eigenvalue weighted by molar-refractivity contribution is 0.0827. The van der Waals surface area contributed by atoms with Crippen molar-refractivity contribution in [2.24, 2.45) is 0 Å². The Labute approximate surface area is 189 Å². The molecule has 0 saturated heterocycles. The van der Waals surface area contributed by atoms with Crippen molar-refractivity contribution in [3.8, 4) is 0 Å². The monoisotopic (exact) mass is 452 g/mol. The average molecular weight is 453 g/mol. The van der Waals surface area contributed by atoms with Gasteiger partial charge in [-0.1, -0.05) is 35.9 Å². The van der Waals surface area contributed by atoms with E-state index < -0.39 is 0 Å². The molecule has 0 spiro atoms. The first-order valence-corrected chi connectivity index (χ1v) is 10.9. The van der Waals surface area contributed by atoms with Gasteiger partial charge in [0.15, 0.2) is 0 Å². The van der Waals surface area contributed by atoms with Gasteiger partial charge in [0.2, 0.25) is 0 Å². The molecule has 4 aromatic rings. The van der Waals surface area contributed by atoms with Gasteiger partial charge < -0.3 is 10.2 Å². The molecule has 4 rings (SSSR count). The van der Waals surface area contributed by atoms with Crippen molar-refractivity contribution in [2.45, 2.75) is 13.5 Å². The standard InChI is InChI=1S/C23H21ClN4O2S/c1-14-18-12-20(21(29)25-17-9-6-8-15(11-17)22(30)27(2)3)31-23(18)28(26-14)13-16-7-4-5-10-19(16)24/h4-12H,13H2,1-3H3,(H,25,29). The predicted molar refractivity (Wildman–Crippen MR) is 125 cm³/mol. The van der Waals surface area contributed by atoms with Crippen LogP contribution in [0.25, 0.3) is 10.2 Å². The van der Waals surface area contributed by atoms with E-state index in [2.05, 4.69) is 10.4 Å². The molecule has 0 unspecified atom stereocenters. The summed E-state index contributed by atoms with van der Waals surface area (Å²) in [5.74, 6) is -0.340. The van der Waals surface area contributed by atoms with Gasteiger partial charge >= 0.3 is 0 Å². The predicted octanol–water partition coefficient (Wildman–Crippen LogP) is 5.06. The highest BCUT2D eigenvalue weighted by Crippen LogP contribution is 2.30. The van der Waals surface area contributed by atoms with Gasteiger partial charge in [-0.05, 0) is 42.8 Å². The van der Waals surface area contributed by atoms with Gasteiger partial charge in [-0.25, -0.2) is 0 Å². The Bertz CT molecular complexity index is 1290. The zero-order valence-corrected chi connectivity index (χ0v) is 18.9. The van der Waals surface area contributed by atoms with E-state index in [0.29, 0.717) is 27.7 Å². The molecule has 0 fully saturated rings. The summed E-state index contributed by atoms with van der Waals surface area (Å²) < 4.78 is 1.88. The van der Waals surface area contributed by atoms with Gasteiger partial charge in [0, 0.05) is 35.8 Å². The molecule has 31 heavy (non-hydrogen) atoms. The molecule has 2 heterocycles. The topological polar surface area (TPSA) is 67.2 Å². The van der Waals surface area contributed by atoms with Crippen molar-refractivity contribution >= 4 is 50.7 Å². The SMILES string of the molecule is Cc1nn(Cc2ccccc2Cl)c2sc(C(=O)Nc3cccc(C(=O)N(C)C)c3)cc12. The molecule has 0 atom stereocenters. The van der Waals surface area contributed by atoms with Crippen molar-refractivity contribution in [2.75, 3.05) is 19.4 Å². The Kier molecular flexibility index (Phi) is 5.80. The average Bonchev–Trinajstić information content (AvgIpc) is 3.31. The maximum absolute atomic E-state index is 12.9. The van der Waals surface area contributed by atoms with Crippen LogP contribution < -0.4 is 5.32 Å². The minimum Gasteiger partial charge on any atom is -0.345 e. The Morgan fingerprint density at radius 1 is 1.13 bits per heavy atom. The van der Waals surface area contributed by atoms with Crippen LogP contribution in [0.5, 0.6) is 0 Å². The highest BCUT2D eigenvalue weighted by Gasteiger charge is 2.18. The summed E-state index contributed by atoms with van der Waals surface area (Å²) in [6.45, 7) is 2.45. The normalized spacial score (nSPS) is 11.0. The first kappa shape index (κ1) is 21.1. The van der Waals surface area contributed by atoms with Gasteiger partial charge in [-0.15, -0.1) is 11.3 Å². The maximum atomic E-state index is 12.9. The van der Waals surface area contributed by atoms with Gasteiger partial charge in [0.25, 0.3) is 11.8 Å².